The third-order valence-electron chi connectivity index (χ3n) is 5.42. The third-order valence-corrected chi connectivity index (χ3v) is 5.42. The Kier molecular flexibility index (Phi) is 5.79. The molecule has 1 saturated heterocycles. The lowest BCUT2D eigenvalue weighted by molar-refractivity contribution is 0.0161. The van der Waals surface area contributed by atoms with Crippen molar-refractivity contribution in [3.05, 3.63) is 48.3 Å². The van der Waals surface area contributed by atoms with E-state index in [0.717, 1.165) is 44.8 Å². The summed E-state index contributed by atoms with van der Waals surface area (Å²) < 4.78 is 13.6. The smallest absolute Gasteiger partial charge is 0.272 e. The molecule has 0 N–H and O–H groups in total. The van der Waals surface area contributed by atoms with E-state index in [1.54, 1.807) is 12.3 Å². The van der Waals surface area contributed by atoms with Crippen LogP contribution in [0.5, 0.6) is 0 Å². The van der Waals surface area contributed by atoms with Gasteiger partial charge in [-0.1, -0.05) is 0 Å². The summed E-state index contributed by atoms with van der Waals surface area (Å²) in [7, 11) is 0. The van der Waals surface area contributed by atoms with Gasteiger partial charge >= 0.3 is 0 Å². The first kappa shape index (κ1) is 18.1. The second-order valence-corrected chi connectivity index (χ2v) is 7.26. The summed E-state index contributed by atoms with van der Waals surface area (Å²) in [6.07, 6.45) is 8.19. The first-order valence-electron chi connectivity index (χ1n) is 9.68. The minimum atomic E-state index is -0.0435. The highest BCUT2D eigenvalue weighted by Gasteiger charge is 2.28. The fourth-order valence-corrected chi connectivity index (χ4v) is 3.87. The molecule has 2 aromatic rings. The van der Waals surface area contributed by atoms with E-state index >= 15 is 0 Å². The van der Waals surface area contributed by atoms with Gasteiger partial charge in [0.1, 0.15) is 12.0 Å². The minimum absolute atomic E-state index is 0.0435. The summed E-state index contributed by atoms with van der Waals surface area (Å²) in [5.41, 5.74) is 1.60. The summed E-state index contributed by atoms with van der Waals surface area (Å²) in [5.74, 6) is 0.570. The largest absolute Gasteiger partial charge is 0.381 e. The van der Waals surface area contributed by atoms with Crippen LogP contribution < -0.4 is 0 Å². The molecule has 144 valence electrons. The van der Waals surface area contributed by atoms with Gasteiger partial charge in [0.25, 0.3) is 5.91 Å². The van der Waals surface area contributed by atoms with Gasteiger partial charge in [-0.25, -0.2) is 9.97 Å². The molecule has 1 amide bonds. The lowest BCUT2D eigenvalue weighted by Gasteiger charge is -2.35. The van der Waals surface area contributed by atoms with Gasteiger partial charge in [-0.2, -0.15) is 0 Å². The summed E-state index contributed by atoms with van der Waals surface area (Å²) >= 11 is 0. The molecule has 0 bridgehead atoms. The number of hydrogen-bond donors (Lipinski definition) is 0. The van der Waals surface area contributed by atoms with E-state index in [1.165, 1.54) is 6.33 Å². The quantitative estimate of drug-likeness (QED) is 0.730. The number of amides is 1. The van der Waals surface area contributed by atoms with Crippen molar-refractivity contribution in [2.45, 2.75) is 31.8 Å². The zero-order chi connectivity index (χ0) is 18.5. The maximum atomic E-state index is 12.8. The Labute approximate surface area is 159 Å². The molecule has 1 atom stereocenters. The average Bonchev–Trinajstić information content (AvgIpc) is 3.21. The first-order chi connectivity index (χ1) is 13.3. The Morgan fingerprint density at radius 1 is 1.30 bits per heavy atom. The van der Waals surface area contributed by atoms with Crippen LogP contribution in [0, 0.1) is 5.92 Å². The predicted molar refractivity (Wildman–Crippen MR) is 99.2 cm³/mol. The maximum Gasteiger partial charge on any atom is 0.272 e. The van der Waals surface area contributed by atoms with Crippen LogP contribution in [-0.2, 0) is 16.0 Å². The Balaban J connectivity index is 1.35. The highest BCUT2D eigenvalue weighted by Crippen LogP contribution is 2.25. The van der Waals surface area contributed by atoms with Crippen LogP contribution in [0.1, 0.15) is 41.5 Å². The van der Waals surface area contributed by atoms with Crippen molar-refractivity contribution < 1.29 is 14.3 Å². The molecule has 2 aromatic heterocycles. The molecule has 0 aliphatic carbocycles. The van der Waals surface area contributed by atoms with Gasteiger partial charge in [0, 0.05) is 51.1 Å². The molecule has 7 heteroatoms. The van der Waals surface area contributed by atoms with Crippen LogP contribution in [0.4, 0.5) is 0 Å². The topological polar surface area (TPSA) is 69.5 Å². The molecule has 4 heterocycles. The zero-order valence-corrected chi connectivity index (χ0v) is 15.5. The fraction of sp³-hybridized carbons (Fsp3) is 0.550. The van der Waals surface area contributed by atoms with E-state index < -0.39 is 0 Å². The molecule has 0 radical (unpaired) electrons. The second-order valence-electron chi connectivity index (χ2n) is 7.26. The number of fused-ring (bicyclic) bond motifs is 1. The Morgan fingerprint density at radius 2 is 2.19 bits per heavy atom. The molecule has 0 unspecified atom stereocenters. The van der Waals surface area contributed by atoms with E-state index in [1.807, 2.05) is 11.0 Å². The molecule has 4 rings (SSSR count). The Hall–Kier alpha value is -2.25. The van der Waals surface area contributed by atoms with Crippen LogP contribution in [0.15, 0.2) is 36.9 Å². The first-order valence-corrected chi connectivity index (χ1v) is 9.68. The van der Waals surface area contributed by atoms with Crippen molar-refractivity contribution in [3.8, 4) is 0 Å². The van der Waals surface area contributed by atoms with Crippen molar-refractivity contribution in [1.82, 2.24) is 19.4 Å². The highest BCUT2D eigenvalue weighted by molar-refractivity contribution is 5.92. The van der Waals surface area contributed by atoms with E-state index in [9.17, 15) is 4.79 Å². The van der Waals surface area contributed by atoms with E-state index in [4.69, 9.17) is 9.47 Å². The van der Waals surface area contributed by atoms with Gasteiger partial charge in [-0.05, 0) is 43.4 Å². The van der Waals surface area contributed by atoms with Gasteiger partial charge < -0.3 is 18.9 Å². The lowest BCUT2D eigenvalue weighted by atomic mass is 10.0. The van der Waals surface area contributed by atoms with Gasteiger partial charge in [0.05, 0.1) is 12.6 Å². The molecule has 0 aromatic carbocycles. The van der Waals surface area contributed by atoms with Gasteiger partial charge in [-0.15, -0.1) is 0 Å². The van der Waals surface area contributed by atoms with Crippen molar-refractivity contribution >= 4 is 5.91 Å². The fourth-order valence-electron chi connectivity index (χ4n) is 3.87. The number of aromatic nitrogens is 3. The molecule has 0 spiro atoms. The number of rotatable bonds is 6. The third kappa shape index (κ3) is 4.36. The summed E-state index contributed by atoms with van der Waals surface area (Å²) in [6, 6.07) is 6.02. The van der Waals surface area contributed by atoms with Gasteiger partial charge in [0.2, 0.25) is 0 Å². The van der Waals surface area contributed by atoms with Crippen molar-refractivity contribution in [1.29, 1.82) is 0 Å². The highest BCUT2D eigenvalue weighted by atomic mass is 16.5. The average molecular weight is 370 g/mol. The zero-order valence-electron chi connectivity index (χ0n) is 15.5. The van der Waals surface area contributed by atoms with Gasteiger partial charge in [0.15, 0.2) is 0 Å². The number of carbonyl (C=O) groups is 1. The monoisotopic (exact) mass is 370 g/mol. The SMILES string of the molecule is O=C(c1ccncn1)N1Cc2cccn2[C@@H](CCOCC2CCOCC2)C1. The predicted octanol–water partition coefficient (Wildman–Crippen LogP) is 2.31. The molecular formula is C20H26N4O3. The van der Waals surface area contributed by atoms with Crippen LogP contribution >= 0.6 is 0 Å². The Morgan fingerprint density at radius 3 is 3.00 bits per heavy atom. The standard InChI is InChI=1S/C20H26N4O3/c25-20(19-3-7-21-15-22-19)23-12-17-2-1-8-24(17)18(13-23)6-11-27-14-16-4-9-26-10-5-16/h1-3,7-8,15-16,18H,4-6,9-14H2/t18-/m0/s1. The van der Waals surface area contributed by atoms with Crippen LogP contribution in [0.3, 0.4) is 0 Å². The second kappa shape index (κ2) is 8.63. The molecule has 2 aliphatic heterocycles. The minimum Gasteiger partial charge on any atom is -0.381 e. The van der Waals surface area contributed by atoms with Crippen LogP contribution in [0.2, 0.25) is 0 Å². The molecule has 0 saturated carbocycles. The van der Waals surface area contributed by atoms with E-state index in [-0.39, 0.29) is 11.9 Å². The van der Waals surface area contributed by atoms with Crippen molar-refractivity contribution in [2.24, 2.45) is 5.92 Å². The molecular weight excluding hydrogens is 344 g/mol. The van der Waals surface area contributed by atoms with Crippen molar-refractivity contribution in [3.63, 3.8) is 0 Å². The number of hydrogen-bond acceptors (Lipinski definition) is 5. The normalized spacial score (nSPS) is 20.4. The molecule has 7 nitrogen and oxygen atoms in total. The summed E-state index contributed by atoms with van der Waals surface area (Å²) in [6.45, 7) is 4.49. The number of ether oxygens (including phenoxy) is 2. The maximum absolute atomic E-state index is 12.8. The summed E-state index contributed by atoms with van der Waals surface area (Å²) in [4.78, 5) is 22.7. The van der Waals surface area contributed by atoms with Crippen LogP contribution in [0.25, 0.3) is 0 Å². The van der Waals surface area contributed by atoms with Gasteiger partial charge in [-0.3, -0.25) is 4.79 Å². The van der Waals surface area contributed by atoms with Crippen molar-refractivity contribution in [2.75, 3.05) is 33.0 Å². The number of carbonyl (C=O) groups excluding carboxylic acids is 1. The van der Waals surface area contributed by atoms with E-state index in [0.29, 0.717) is 31.3 Å². The van der Waals surface area contributed by atoms with E-state index in [2.05, 4.69) is 26.8 Å². The Bertz CT molecular complexity index is 743. The van der Waals surface area contributed by atoms with Crippen LogP contribution in [-0.4, -0.2) is 58.3 Å². The summed E-state index contributed by atoms with van der Waals surface area (Å²) in [5, 5.41) is 0. The molecule has 27 heavy (non-hydrogen) atoms. The lowest BCUT2D eigenvalue weighted by Crippen LogP contribution is -2.41. The molecule has 2 aliphatic rings. The number of nitrogens with zero attached hydrogens (tertiary/aromatic N) is 4. The molecule has 1 fully saturated rings.